The van der Waals surface area contributed by atoms with Crippen LogP contribution in [0.4, 0.5) is 0 Å². The first kappa shape index (κ1) is 12.1. The van der Waals surface area contributed by atoms with E-state index in [1.54, 1.807) is 30.5 Å². The number of benzene rings is 1. The molecule has 1 heterocycles. The molecular formula is C12H10ClNO2S. The summed E-state index contributed by atoms with van der Waals surface area (Å²) in [7, 11) is -3.33. The summed E-state index contributed by atoms with van der Waals surface area (Å²) >= 11 is 5.83. The Morgan fingerprint density at radius 2 is 1.94 bits per heavy atom. The van der Waals surface area contributed by atoms with E-state index in [-0.39, 0.29) is 4.90 Å². The predicted octanol–water partition coefficient (Wildman–Crippen LogP) is 2.81. The largest absolute Gasteiger partial charge is 0.256 e. The van der Waals surface area contributed by atoms with Gasteiger partial charge in [0.2, 0.25) is 0 Å². The van der Waals surface area contributed by atoms with Crippen molar-refractivity contribution < 1.29 is 8.42 Å². The third-order valence-corrected chi connectivity index (χ3v) is 3.66. The zero-order valence-electron chi connectivity index (χ0n) is 9.09. The highest BCUT2D eigenvalue weighted by molar-refractivity contribution is 7.90. The molecule has 0 aliphatic rings. The van der Waals surface area contributed by atoms with Crippen molar-refractivity contribution in [2.45, 2.75) is 4.90 Å². The molecule has 88 valence electrons. The topological polar surface area (TPSA) is 47.0 Å². The minimum Gasteiger partial charge on any atom is -0.256 e. The molecule has 0 aliphatic carbocycles. The SMILES string of the molecule is CS(=O)(=O)c1cc(Cl)ccc1-c1ccccn1. The van der Waals surface area contributed by atoms with E-state index in [1.165, 1.54) is 6.07 Å². The second-order valence-corrected chi connectivity index (χ2v) is 6.05. The molecule has 2 rings (SSSR count). The summed E-state index contributed by atoms with van der Waals surface area (Å²) in [6.07, 6.45) is 2.78. The molecular weight excluding hydrogens is 258 g/mol. The quantitative estimate of drug-likeness (QED) is 0.841. The highest BCUT2D eigenvalue weighted by atomic mass is 35.5. The first-order valence-electron chi connectivity index (χ1n) is 4.89. The lowest BCUT2D eigenvalue weighted by atomic mass is 10.1. The second-order valence-electron chi connectivity index (χ2n) is 3.63. The van der Waals surface area contributed by atoms with Gasteiger partial charge in [-0.25, -0.2) is 8.42 Å². The highest BCUT2D eigenvalue weighted by Gasteiger charge is 2.15. The zero-order chi connectivity index (χ0) is 12.5. The van der Waals surface area contributed by atoms with Gasteiger partial charge in [-0.05, 0) is 24.3 Å². The van der Waals surface area contributed by atoms with Crippen LogP contribution in [-0.4, -0.2) is 19.7 Å². The number of halogens is 1. The zero-order valence-corrected chi connectivity index (χ0v) is 10.7. The Hall–Kier alpha value is -1.39. The van der Waals surface area contributed by atoms with Crippen LogP contribution in [0.1, 0.15) is 0 Å². The molecule has 5 heteroatoms. The molecule has 0 spiro atoms. The van der Waals surface area contributed by atoms with Crippen LogP contribution >= 0.6 is 11.6 Å². The summed E-state index contributed by atoms with van der Waals surface area (Å²) in [6, 6.07) is 10.1. The molecule has 0 amide bonds. The van der Waals surface area contributed by atoms with Crippen molar-refractivity contribution in [1.29, 1.82) is 0 Å². The summed E-state index contributed by atoms with van der Waals surface area (Å²) in [6.45, 7) is 0. The van der Waals surface area contributed by atoms with Crippen molar-refractivity contribution in [3.63, 3.8) is 0 Å². The summed E-state index contributed by atoms with van der Waals surface area (Å²) in [4.78, 5) is 4.34. The Labute approximate surface area is 105 Å². The second kappa shape index (κ2) is 4.47. The summed E-state index contributed by atoms with van der Waals surface area (Å²) in [5.74, 6) is 0. The fraction of sp³-hybridized carbons (Fsp3) is 0.0833. The molecule has 1 aromatic heterocycles. The van der Waals surface area contributed by atoms with Gasteiger partial charge in [-0.15, -0.1) is 0 Å². The summed E-state index contributed by atoms with van der Waals surface area (Å²) < 4.78 is 23.4. The average molecular weight is 268 g/mol. The Morgan fingerprint density at radius 1 is 1.18 bits per heavy atom. The lowest BCUT2D eigenvalue weighted by molar-refractivity contribution is 0.602. The molecule has 0 aliphatic heterocycles. The van der Waals surface area contributed by atoms with Crippen LogP contribution in [0, 0.1) is 0 Å². The fourth-order valence-electron chi connectivity index (χ4n) is 1.54. The van der Waals surface area contributed by atoms with Crippen LogP contribution < -0.4 is 0 Å². The molecule has 2 aromatic rings. The van der Waals surface area contributed by atoms with Crippen molar-refractivity contribution in [3.05, 3.63) is 47.6 Å². The first-order chi connectivity index (χ1) is 7.98. The lowest BCUT2D eigenvalue weighted by Gasteiger charge is -2.07. The number of hydrogen-bond acceptors (Lipinski definition) is 3. The summed E-state index contributed by atoms with van der Waals surface area (Å²) in [5.41, 5.74) is 1.18. The van der Waals surface area contributed by atoms with Crippen LogP contribution in [0.3, 0.4) is 0 Å². The number of hydrogen-bond donors (Lipinski definition) is 0. The smallest absolute Gasteiger partial charge is 0.176 e. The van der Waals surface area contributed by atoms with E-state index >= 15 is 0 Å². The van der Waals surface area contributed by atoms with Gasteiger partial charge in [0.25, 0.3) is 0 Å². The maximum atomic E-state index is 11.7. The van der Waals surface area contributed by atoms with E-state index < -0.39 is 9.84 Å². The van der Waals surface area contributed by atoms with Crippen molar-refractivity contribution >= 4 is 21.4 Å². The Morgan fingerprint density at radius 3 is 2.53 bits per heavy atom. The molecule has 0 radical (unpaired) electrons. The third kappa shape index (κ3) is 2.65. The van der Waals surface area contributed by atoms with Crippen LogP contribution in [0.5, 0.6) is 0 Å². The normalized spacial score (nSPS) is 11.4. The number of sulfone groups is 1. The maximum absolute atomic E-state index is 11.7. The van der Waals surface area contributed by atoms with Gasteiger partial charge in [0.15, 0.2) is 9.84 Å². The maximum Gasteiger partial charge on any atom is 0.176 e. The standard InChI is InChI=1S/C12H10ClNO2S/c1-17(15,16)12-8-9(13)5-6-10(12)11-4-2-3-7-14-11/h2-8H,1H3. The molecule has 0 atom stereocenters. The van der Waals surface area contributed by atoms with Crippen LogP contribution in [0.15, 0.2) is 47.5 Å². The van der Waals surface area contributed by atoms with Crippen LogP contribution in [0.25, 0.3) is 11.3 Å². The molecule has 0 N–H and O–H groups in total. The number of aromatic nitrogens is 1. The van der Waals surface area contributed by atoms with Gasteiger partial charge in [0.1, 0.15) is 0 Å². The Kier molecular flexibility index (Phi) is 3.17. The summed E-state index contributed by atoms with van der Waals surface area (Å²) in [5, 5.41) is 0.394. The van der Waals surface area contributed by atoms with Crippen LogP contribution in [-0.2, 0) is 9.84 Å². The van der Waals surface area contributed by atoms with E-state index in [2.05, 4.69) is 4.98 Å². The monoisotopic (exact) mass is 267 g/mol. The van der Waals surface area contributed by atoms with E-state index in [9.17, 15) is 8.42 Å². The average Bonchev–Trinajstić information content (AvgIpc) is 2.29. The minimum atomic E-state index is -3.33. The number of pyridine rings is 1. The van der Waals surface area contributed by atoms with Gasteiger partial charge in [-0.2, -0.15) is 0 Å². The minimum absolute atomic E-state index is 0.198. The molecule has 0 fully saturated rings. The first-order valence-corrected chi connectivity index (χ1v) is 7.16. The number of nitrogens with zero attached hydrogens (tertiary/aromatic N) is 1. The van der Waals surface area contributed by atoms with Gasteiger partial charge in [0.05, 0.1) is 10.6 Å². The van der Waals surface area contributed by atoms with Crippen LogP contribution in [0.2, 0.25) is 5.02 Å². The fourth-order valence-corrected chi connectivity index (χ4v) is 2.69. The van der Waals surface area contributed by atoms with Gasteiger partial charge in [-0.3, -0.25) is 4.98 Å². The third-order valence-electron chi connectivity index (χ3n) is 2.28. The van der Waals surface area contributed by atoms with E-state index in [1.807, 2.05) is 6.07 Å². The molecule has 1 aromatic carbocycles. The Balaban J connectivity index is 2.71. The van der Waals surface area contributed by atoms with E-state index in [0.717, 1.165) is 6.26 Å². The van der Waals surface area contributed by atoms with Gasteiger partial charge in [0, 0.05) is 23.0 Å². The van der Waals surface area contributed by atoms with E-state index in [0.29, 0.717) is 16.3 Å². The van der Waals surface area contributed by atoms with Gasteiger partial charge in [-0.1, -0.05) is 23.7 Å². The lowest BCUT2D eigenvalue weighted by Crippen LogP contribution is -2.00. The molecule has 17 heavy (non-hydrogen) atoms. The van der Waals surface area contributed by atoms with Crippen molar-refractivity contribution in [1.82, 2.24) is 4.98 Å². The van der Waals surface area contributed by atoms with Gasteiger partial charge >= 0.3 is 0 Å². The van der Waals surface area contributed by atoms with Crippen molar-refractivity contribution in [2.75, 3.05) is 6.26 Å². The molecule has 0 unspecified atom stereocenters. The molecule has 3 nitrogen and oxygen atoms in total. The van der Waals surface area contributed by atoms with E-state index in [4.69, 9.17) is 11.6 Å². The Bertz CT molecular complexity index is 639. The van der Waals surface area contributed by atoms with Crippen molar-refractivity contribution in [2.24, 2.45) is 0 Å². The van der Waals surface area contributed by atoms with Crippen molar-refractivity contribution in [3.8, 4) is 11.3 Å². The molecule has 0 saturated carbocycles. The highest BCUT2D eigenvalue weighted by Crippen LogP contribution is 2.28. The number of rotatable bonds is 2. The molecule has 0 saturated heterocycles. The molecule has 0 bridgehead atoms. The predicted molar refractivity (Wildman–Crippen MR) is 67.8 cm³/mol. The van der Waals surface area contributed by atoms with Gasteiger partial charge < -0.3 is 0 Å².